The topological polar surface area (TPSA) is 128 Å². The van der Waals surface area contributed by atoms with Gasteiger partial charge in [0.15, 0.2) is 0 Å². The third-order valence-corrected chi connectivity index (χ3v) is 5.12. The molecule has 0 spiro atoms. The summed E-state index contributed by atoms with van der Waals surface area (Å²) in [4.78, 5) is 48.3. The number of carbonyl (C=O) groups excluding carboxylic acids is 3. The molecule has 3 amide bonds. The van der Waals surface area contributed by atoms with Gasteiger partial charge in [0, 0.05) is 26.1 Å². The van der Waals surface area contributed by atoms with Crippen LogP contribution in [-0.4, -0.2) is 65.9 Å². The van der Waals surface area contributed by atoms with Crippen LogP contribution in [0.5, 0.6) is 0 Å². The molecule has 0 aromatic heterocycles. The number of benzene rings is 2. The van der Waals surface area contributed by atoms with Crippen molar-refractivity contribution in [2.24, 2.45) is 0 Å². The largest absolute Gasteiger partial charge is 0.480 e. The number of carboxylic acids is 1. The van der Waals surface area contributed by atoms with Gasteiger partial charge in [0.2, 0.25) is 17.7 Å². The van der Waals surface area contributed by atoms with Gasteiger partial charge in [0.05, 0.1) is 6.54 Å². The van der Waals surface area contributed by atoms with E-state index in [-0.39, 0.29) is 18.4 Å². The Morgan fingerprint density at radius 2 is 1.87 bits per heavy atom. The zero-order valence-electron chi connectivity index (χ0n) is 17.1. The quantitative estimate of drug-likeness (QED) is 0.431. The molecule has 0 unspecified atom stereocenters. The maximum absolute atomic E-state index is 12.2. The van der Waals surface area contributed by atoms with Crippen molar-refractivity contribution in [3.63, 3.8) is 0 Å². The average molecular weight is 426 g/mol. The molecule has 1 heterocycles. The molecule has 9 heteroatoms. The number of aliphatic carboxylic acids is 1. The zero-order chi connectivity index (χ0) is 22.2. The van der Waals surface area contributed by atoms with Crippen molar-refractivity contribution in [2.75, 3.05) is 26.2 Å². The molecule has 2 aromatic rings. The van der Waals surface area contributed by atoms with Gasteiger partial charge in [-0.15, -0.1) is 0 Å². The Hall–Kier alpha value is -3.46. The van der Waals surface area contributed by atoms with Crippen LogP contribution >= 0.6 is 0 Å². The maximum Gasteiger partial charge on any atom is 0.322 e. The fraction of sp³-hybridized carbons (Fsp3) is 0.364. The number of nitrogens with zero attached hydrogens (tertiary/aromatic N) is 1. The molecule has 3 rings (SSSR count). The third-order valence-electron chi connectivity index (χ3n) is 5.12. The smallest absolute Gasteiger partial charge is 0.322 e. The molecular weight excluding hydrogens is 400 g/mol. The lowest BCUT2D eigenvalue weighted by molar-refractivity contribution is -0.138. The predicted octanol–water partition coefficient (Wildman–Crippen LogP) is 0.237. The first-order chi connectivity index (χ1) is 14.9. The molecule has 0 aliphatic carbocycles. The first kappa shape index (κ1) is 22.2. The number of hydrogen-bond donors (Lipinski definition) is 4. The average Bonchev–Trinajstić information content (AvgIpc) is 3.19. The van der Waals surface area contributed by atoms with Crippen LogP contribution in [0.3, 0.4) is 0 Å². The first-order valence-electron chi connectivity index (χ1n) is 10.2. The highest BCUT2D eigenvalue weighted by Gasteiger charge is 2.26. The molecule has 164 valence electrons. The summed E-state index contributed by atoms with van der Waals surface area (Å²) in [7, 11) is 0. The van der Waals surface area contributed by atoms with E-state index in [1.807, 2.05) is 47.4 Å². The number of carbonyl (C=O) groups is 4. The molecule has 31 heavy (non-hydrogen) atoms. The van der Waals surface area contributed by atoms with Crippen molar-refractivity contribution in [2.45, 2.75) is 25.4 Å². The van der Waals surface area contributed by atoms with Crippen molar-refractivity contribution in [3.8, 4) is 0 Å². The van der Waals surface area contributed by atoms with Crippen molar-refractivity contribution in [3.05, 3.63) is 48.0 Å². The summed E-state index contributed by atoms with van der Waals surface area (Å²) in [6.07, 6.45) is 0.816. The molecule has 4 N–H and O–H groups in total. The van der Waals surface area contributed by atoms with Crippen LogP contribution in [0.1, 0.15) is 18.4 Å². The monoisotopic (exact) mass is 426 g/mol. The molecule has 1 atom stereocenters. The normalized spacial score (nSPS) is 15.6. The molecule has 1 saturated heterocycles. The second kappa shape index (κ2) is 10.5. The van der Waals surface area contributed by atoms with E-state index >= 15 is 0 Å². The molecule has 0 radical (unpaired) electrons. The minimum atomic E-state index is -1.11. The van der Waals surface area contributed by atoms with Gasteiger partial charge in [-0.2, -0.15) is 0 Å². The van der Waals surface area contributed by atoms with E-state index in [9.17, 15) is 19.2 Å². The van der Waals surface area contributed by atoms with Crippen LogP contribution < -0.4 is 16.0 Å². The highest BCUT2D eigenvalue weighted by molar-refractivity contribution is 5.90. The predicted molar refractivity (Wildman–Crippen MR) is 114 cm³/mol. The van der Waals surface area contributed by atoms with Crippen LogP contribution in [-0.2, 0) is 25.7 Å². The van der Waals surface area contributed by atoms with Crippen LogP contribution in [0.2, 0.25) is 0 Å². The first-order valence-corrected chi connectivity index (χ1v) is 10.2. The fourth-order valence-corrected chi connectivity index (χ4v) is 3.59. The molecule has 1 aliphatic heterocycles. The Kier molecular flexibility index (Phi) is 7.55. The standard InChI is InChI=1S/C22H26N4O5/c27-19-9-8-18(25-19)22(31)23-10-11-26(14-20(28)24-12-21(29)30)13-16-6-3-5-15-4-1-2-7-17(15)16/h1-7,18H,8-14H2,(H,23,31)(H,24,28)(H,25,27)(H,29,30)/t18-/m0/s1. The number of fused-ring (bicyclic) bond motifs is 1. The van der Waals surface area contributed by atoms with E-state index in [1.165, 1.54) is 0 Å². The Morgan fingerprint density at radius 3 is 2.61 bits per heavy atom. The second-order valence-corrected chi connectivity index (χ2v) is 7.47. The van der Waals surface area contributed by atoms with Crippen LogP contribution in [0.15, 0.2) is 42.5 Å². The fourth-order valence-electron chi connectivity index (χ4n) is 3.59. The van der Waals surface area contributed by atoms with Crippen molar-refractivity contribution in [1.82, 2.24) is 20.9 Å². The molecule has 2 aromatic carbocycles. The van der Waals surface area contributed by atoms with Crippen LogP contribution in [0.25, 0.3) is 10.8 Å². The van der Waals surface area contributed by atoms with E-state index in [1.54, 1.807) is 0 Å². The van der Waals surface area contributed by atoms with E-state index in [4.69, 9.17) is 5.11 Å². The van der Waals surface area contributed by atoms with Crippen molar-refractivity contribution in [1.29, 1.82) is 0 Å². The number of nitrogens with one attached hydrogen (secondary N) is 3. The van der Waals surface area contributed by atoms with E-state index in [2.05, 4.69) is 16.0 Å². The molecule has 1 fully saturated rings. The van der Waals surface area contributed by atoms with Gasteiger partial charge in [0.1, 0.15) is 12.6 Å². The highest BCUT2D eigenvalue weighted by atomic mass is 16.4. The summed E-state index contributed by atoms with van der Waals surface area (Å²) in [5, 5.41) is 18.7. The SMILES string of the molecule is O=C(O)CNC(=O)CN(CCNC(=O)[C@@H]1CCC(=O)N1)Cc1cccc2ccccc12. The third kappa shape index (κ3) is 6.51. The Bertz CT molecular complexity index is 972. The van der Waals surface area contributed by atoms with Gasteiger partial charge in [-0.1, -0.05) is 42.5 Å². The van der Waals surface area contributed by atoms with Gasteiger partial charge in [-0.25, -0.2) is 0 Å². The van der Waals surface area contributed by atoms with Gasteiger partial charge in [0.25, 0.3) is 0 Å². The minimum Gasteiger partial charge on any atom is -0.480 e. The lowest BCUT2D eigenvalue weighted by Crippen LogP contribution is -2.45. The summed E-state index contributed by atoms with van der Waals surface area (Å²) in [6, 6.07) is 13.4. The highest BCUT2D eigenvalue weighted by Crippen LogP contribution is 2.20. The van der Waals surface area contributed by atoms with Crippen LogP contribution in [0.4, 0.5) is 0 Å². The Labute approximate surface area is 179 Å². The van der Waals surface area contributed by atoms with Crippen molar-refractivity contribution >= 4 is 34.5 Å². The number of rotatable bonds is 10. The summed E-state index contributed by atoms with van der Waals surface area (Å²) in [5.74, 6) is -1.89. The van der Waals surface area contributed by atoms with Crippen molar-refractivity contribution < 1.29 is 24.3 Å². The summed E-state index contributed by atoms with van der Waals surface area (Å²) in [5.41, 5.74) is 1.03. The molecular formula is C22H26N4O5. The number of hydrogen-bond acceptors (Lipinski definition) is 5. The molecule has 9 nitrogen and oxygen atoms in total. The lowest BCUT2D eigenvalue weighted by atomic mass is 10.0. The number of carboxylic acid groups (broad SMARTS) is 1. The van der Waals surface area contributed by atoms with E-state index in [0.29, 0.717) is 32.5 Å². The molecule has 0 saturated carbocycles. The van der Waals surface area contributed by atoms with E-state index in [0.717, 1.165) is 16.3 Å². The Balaban J connectivity index is 1.64. The summed E-state index contributed by atoms with van der Waals surface area (Å²) >= 11 is 0. The summed E-state index contributed by atoms with van der Waals surface area (Å²) in [6.45, 7) is 0.682. The number of amides is 3. The summed E-state index contributed by atoms with van der Waals surface area (Å²) < 4.78 is 0. The minimum absolute atomic E-state index is 0.00740. The molecule has 0 bridgehead atoms. The Morgan fingerprint density at radius 1 is 1.10 bits per heavy atom. The maximum atomic E-state index is 12.2. The molecule has 1 aliphatic rings. The second-order valence-electron chi connectivity index (χ2n) is 7.47. The van der Waals surface area contributed by atoms with Gasteiger partial charge >= 0.3 is 5.97 Å². The van der Waals surface area contributed by atoms with E-state index < -0.39 is 24.5 Å². The van der Waals surface area contributed by atoms with Crippen LogP contribution in [0, 0.1) is 0 Å². The van der Waals surface area contributed by atoms with Gasteiger partial charge in [-0.05, 0) is 22.8 Å². The van der Waals surface area contributed by atoms with Gasteiger partial charge in [-0.3, -0.25) is 24.1 Å². The van der Waals surface area contributed by atoms with Gasteiger partial charge < -0.3 is 21.1 Å². The zero-order valence-corrected chi connectivity index (χ0v) is 17.1. The lowest BCUT2D eigenvalue weighted by Gasteiger charge is -2.23.